The number of nitrogens with one attached hydrogen (secondary N) is 3. The summed E-state index contributed by atoms with van der Waals surface area (Å²) in [7, 11) is 3.34. The maximum absolute atomic E-state index is 9.55. The molecule has 7 N–H and O–H groups in total. The van der Waals surface area contributed by atoms with Crippen molar-refractivity contribution in [2.45, 2.75) is 19.3 Å². The summed E-state index contributed by atoms with van der Waals surface area (Å²) >= 11 is 1.50. The molecule has 0 saturated heterocycles. The molecular weight excluding hydrogens is 440 g/mol. The van der Waals surface area contributed by atoms with Gasteiger partial charge in [0.25, 0.3) is 0 Å². The summed E-state index contributed by atoms with van der Waals surface area (Å²) < 4.78 is 4.91. The number of carbonyl (C=O) groups is 2. The molecule has 14 heteroatoms. The SMILES string of the molecule is CN/C(=N/C#N)NCCCCc1csc(N/C(N)=N\CCOC)n1.O=C(O)/C=C\C(=O)O. The number of nitrogens with zero attached hydrogens (tertiary/aromatic N) is 4. The van der Waals surface area contributed by atoms with Gasteiger partial charge in [-0.2, -0.15) is 5.26 Å². The molecule has 0 aliphatic rings. The highest BCUT2D eigenvalue weighted by atomic mass is 32.1. The van der Waals surface area contributed by atoms with Crippen LogP contribution in [0.4, 0.5) is 5.13 Å². The molecule has 0 amide bonds. The van der Waals surface area contributed by atoms with E-state index in [0.29, 0.717) is 37.2 Å². The third-order valence-corrected chi connectivity index (χ3v) is 4.09. The highest BCUT2D eigenvalue weighted by Gasteiger charge is 2.03. The largest absolute Gasteiger partial charge is 0.478 e. The van der Waals surface area contributed by atoms with E-state index in [1.165, 1.54) is 11.3 Å². The standard InChI is InChI=1S/C14H24N8OS.C4H4O4/c1-17-13(20-10-15)19-6-4-3-5-11-9-24-14(21-11)22-12(16)18-7-8-23-2;5-3(6)1-2-4(7)8/h9H,3-8H2,1-2H3,(H2,17,19,20)(H3,16,18,21,22);1-2H,(H,5,6)(H,7,8)/b;2-1-. The van der Waals surface area contributed by atoms with Crippen molar-refractivity contribution in [2.75, 3.05) is 39.2 Å². The third kappa shape index (κ3) is 16.1. The lowest BCUT2D eigenvalue weighted by Gasteiger charge is -2.06. The summed E-state index contributed by atoms with van der Waals surface area (Å²) in [5, 5.41) is 35.7. The van der Waals surface area contributed by atoms with Crippen LogP contribution < -0.4 is 21.7 Å². The average molecular weight is 469 g/mol. The van der Waals surface area contributed by atoms with E-state index >= 15 is 0 Å². The van der Waals surface area contributed by atoms with Crippen molar-refractivity contribution in [3.05, 3.63) is 23.2 Å². The van der Waals surface area contributed by atoms with Crippen LogP contribution in [-0.2, 0) is 20.7 Å². The predicted octanol–water partition coefficient (Wildman–Crippen LogP) is 0.197. The van der Waals surface area contributed by atoms with Gasteiger partial charge in [-0.05, 0) is 19.3 Å². The summed E-state index contributed by atoms with van der Waals surface area (Å²) in [6, 6.07) is 0. The van der Waals surface area contributed by atoms with Gasteiger partial charge in [-0.1, -0.05) is 0 Å². The Morgan fingerprint density at radius 3 is 2.59 bits per heavy atom. The van der Waals surface area contributed by atoms with Gasteiger partial charge in [0.1, 0.15) is 0 Å². The summed E-state index contributed by atoms with van der Waals surface area (Å²) in [6.45, 7) is 1.80. The Bertz CT molecular complexity index is 816. The quantitative estimate of drug-likeness (QED) is 0.0849. The van der Waals surface area contributed by atoms with E-state index in [1.807, 2.05) is 5.38 Å². The Kier molecular flexibility index (Phi) is 16.0. The van der Waals surface area contributed by atoms with Crippen molar-refractivity contribution in [1.29, 1.82) is 5.26 Å². The van der Waals surface area contributed by atoms with E-state index < -0.39 is 11.9 Å². The normalized spacial score (nSPS) is 11.3. The smallest absolute Gasteiger partial charge is 0.328 e. The Labute approximate surface area is 189 Å². The Morgan fingerprint density at radius 2 is 2.03 bits per heavy atom. The van der Waals surface area contributed by atoms with E-state index in [1.54, 1.807) is 20.4 Å². The molecule has 176 valence electrons. The molecule has 0 aliphatic heterocycles. The second kappa shape index (κ2) is 18.1. The molecule has 32 heavy (non-hydrogen) atoms. The van der Waals surface area contributed by atoms with Gasteiger partial charge in [-0.15, -0.1) is 16.3 Å². The van der Waals surface area contributed by atoms with Crippen LogP contribution >= 0.6 is 11.3 Å². The summed E-state index contributed by atoms with van der Waals surface area (Å²) in [5.74, 6) is -1.69. The van der Waals surface area contributed by atoms with Crippen LogP contribution in [0.25, 0.3) is 0 Å². The molecule has 13 nitrogen and oxygen atoms in total. The van der Waals surface area contributed by atoms with E-state index in [4.69, 9.17) is 25.9 Å². The van der Waals surface area contributed by atoms with Gasteiger partial charge >= 0.3 is 11.9 Å². The van der Waals surface area contributed by atoms with Crippen LogP contribution in [0.1, 0.15) is 18.5 Å². The lowest BCUT2D eigenvalue weighted by molar-refractivity contribution is -0.134. The van der Waals surface area contributed by atoms with Gasteiger partial charge in [0.2, 0.25) is 12.2 Å². The monoisotopic (exact) mass is 468 g/mol. The number of aryl methyl sites for hydroxylation is 1. The number of nitriles is 1. The minimum Gasteiger partial charge on any atom is -0.478 e. The fourth-order valence-electron chi connectivity index (χ4n) is 1.90. The number of hydrogen-bond acceptors (Lipinski definition) is 8. The van der Waals surface area contributed by atoms with Crippen LogP contribution in [0, 0.1) is 11.5 Å². The lowest BCUT2D eigenvalue weighted by Crippen LogP contribution is -2.35. The number of aliphatic imine (C=N–C) groups is 2. The molecule has 0 atom stereocenters. The number of carboxylic acid groups (broad SMARTS) is 2. The molecule has 1 aromatic rings. The van der Waals surface area contributed by atoms with Crippen molar-refractivity contribution in [2.24, 2.45) is 15.7 Å². The number of nitrogens with two attached hydrogens (primary N) is 1. The molecule has 0 radical (unpaired) electrons. The number of unbranched alkanes of at least 4 members (excludes halogenated alkanes) is 1. The van der Waals surface area contributed by atoms with Crippen molar-refractivity contribution in [1.82, 2.24) is 15.6 Å². The molecule has 0 fully saturated rings. The predicted molar refractivity (Wildman–Crippen MR) is 122 cm³/mol. The molecular formula is C18H28N8O5S. The Morgan fingerprint density at radius 1 is 1.34 bits per heavy atom. The number of thiazole rings is 1. The molecule has 0 unspecified atom stereocenters. The van der Waals surface area contributed by atoms with Crippen LogP contribution in [0.3, 0.4) is 0 Å². The van der Waals surface area contributed by atoms with E-state index in [9.17, 15) is 9.59 Å². The molecule has 0 saturated carbocycles. The number of anilines is 1. The van der Waals surface area contributed by atoms with Crippen LogP contribution in [-0.4, -0.2) is 72.9 Å². The first-order valence-electron chi connectivity index (χ1n) is 9.35. The molecule has 0 spiro atoms. The molecule has 0 aliphatic carbocycles. The first-order valence-corrected chi connectivity index (χ1v) is 10.2. The Hall–Kier alpha value is -3.70. The highest BCUT2D eigenvalue weighted by Crippen LogP contribution is 2.16. The summed E-state index contributed by atoms with van der Waals surface area (Å²) in [5.41, 5.74) is 6.78. The zero-order chi connectivity index (χ0) is 24.2. The van der Waals surface area contributed by atoms with Crippen molar-refractivity contribution in [3.63, 3.8) is 0 Å². The molecule has 1 rings (SSSR count). The van der Waals surface area contributed by atoms with E-state index in [0.717, 1.165) is 36.6 Å². The molecule has 0 bridgehead atoms. The fourth-order valence-corrected chi connectivity index (χ4v) is 2.65. The number of ether oxygens (including phenoxy) is 1. The maximum atomic E-state index is 9.55. The van der Waals surface area contributed by atoms with Gasteiger partial charge < -0.3 is 36.6 Å². The number of hydrogen-bond donors (Lipinski definition) is 6. The van der Waals surface area contributed by atoms with Crippen molar-refractivity contribution < 1.29 is 24.5 Å². The maximum Gasteiger partial charge on any atom is 0.328 e. The zero-order valence-electron chi connectivity index (χ0n) is 17.9. The fraction of sp³-hybridized carbons (Fsp3) is 0.444. The van der Waals surface area contributed by atoms with Gasteiger partial charge in [0.05, 0.1) is 18.8 Å². The number of guanidine groups is 2. The minimum atomic E-state index is -1.26. The van der Waals surface area contributed by atoms with Gasteiger partial charge in [0.15, 0.2) is 11.1 Å². The molecule has 1 heterocycles. The van der Waals surface area contributed by atoms with Crippen LogP contribution in [0.15, 0.2) is 27.5 Å². The van der Waals surface area contributed by atoms with Crippen LogP contribution in [0.5, 0.6) is 0 Å². The molecule has 1 aromatic heterocycles. The summed E-state index contributed by atoms with van der Waals surface area (Å²) in [6.07, 6.45) is 5.67. The second-order valence-electron chi connectivity index (χ2n) is 5.73. The summed E-state index contributed by atoms with van der Waals surface area (Å²) in [4.78, 5) is 31.3. The number of methoxy groups -OCH3 is 1. The highest BCUT2D eigenvalue weighted by molar-refractivity contribution is 7.13. The minimum absolute atomic E-state index is 0.341. The van der Waals surface area contributed by atoms with Gasteiger partial charge in [0, 0.05) is 38.2 Å². The first-order chi connectivity index (χ1) is 15.3. The second-order valence-corrected chi connectivity index (χ2v) is 6.59. The van der Waals surface area contributed by atoms with E-state index in [2.05, 4.69) is 30.9 Å². The van der Waals surface area contributed by atoms with Crippen LogP contribution in [0.2, 0.25) is 0 Å². The lowest BCUT2D eigenvalue weighted by atomic mass is 10.2. The number of aromatic nitrogens is 1. The Balaban J connectivity index is 0.00000102. The average Bonchev–Trinajstić information content (AvgIpc) is 3.19. The number of rotatable bonds is 11. The van der Waals surface area contributed by atoms with Crippen molar-refractivity contribution >= 4 is 40.3 Å². The van der Waals surface area contributed by atoms with Gasteiger partial charge in [-0.25, -0.2) is 14.6 Å². The van der Waals surface area contributed by atoms with Gasteiger partial charge in [-0.3, -0.25) is 4.99 Å². The topological polar surface area (TPSA) is 207 Å². The van der Waals surface area contributed by atoms with E-state index in [-0.39, 0.29) is 0 Å². The zero-order valence-corrected chi connectivity index (χ0v) is 18.7. The number of aliphatic carboxylic acids is 2. The third-order valence-electron chi connectivity index (χ3n) is 3.28. The first kappa shape index (κ1) is 28.3. The molecule has 0 aromatic carbocycles. The van der Waals surface area contributed by atoms with Crippen molar-refractivity contribution in [3.8, 4) is 6.19 Å². The number of carboxylic acids is 2.